The number of carbonyl (C=O) groups is 1. The molecule has 0 unspecified atom stereocenters. The summed E-state index contributed by atoms with van der Waals surface area (Å²) in [5.74, 6) is 0.677. The first-order valence-corrected chi connectivity index (χ1v) is 12.3. The Hall–Kier alpha value is -3.17. The molecule has 1 aliphatic carbocycles. The van der Waals surface area contributed by atoms with E-state index >= 15 is 0 Å². The van der Waals surface area contributed by atoms with Crippen molar-refractivity contribution in [2.75, 3.05) is 4.72 Å². The minimum Gasteiger partial charge on any atom is -0.340 e. The highest BCUT2D eigenvalue weighted by Crippen LogP contribution is 2.37. The molecule has 2 aromatic carbocycles. The van der Waals surface area contributed by atoms with Crippen molar-refractivity contribution in [3.05, 3.63) is 76.9 Å². The van der Waals surface area contributed by atoms with E-state index < -0.39 is 15.6 Å². The van der Waals surface area contributed by atoms with E-state index in [1.807, 2.05) is 0 Å². The summed E-state index contributed by atoms with van der Waals surface area (Å²) in [6, 6.07) is 12.8. The maximum atomic E-state index is 12.6. The van der Waals surface area contributed by atoms with E-state index in [1.165, 1.54) is 18.2 Å². The summed E-state index contributed by atoms with van der Waals surface area (Å²) < 4.78 is 32.8. The number of nitrogens with one attached hydrogen (secondary N) is 2. The van der Waals surface area contributed by atoms with Gasteiger partial charge in [0.05, 0.1) is 15.6 Å². The summed E-state index contributed by atoms with van der Waals surface area (Å²) in [6.07, 6.45) is 6.47. The summed E-state index contributed by atoms with van der Waals surface area (Å²) >= 11 is 6.04. The van der Waals surface area contributed by atoms with Crippen LogP contribution < -0.4 is 10.0 Å². The lowest BCUT2D eigenvalue weighted by molar-refractivity contribution is -0.118. The second-order valence-electron chi connectivity index (χ2n) is 7.90. The average Bonchev–Trinajstić information content (AvgIpc) is 3.44. The second-order valence-corrected chi connectivity index (χ2v) is 9.99. The number of hydrogen-bond acceptors (Lipinski definition) is 6. The monoisotopic (exact) mass is 486 g/mol. The molecular weight excluding hydrogens is 464 g/mol. The third-order valence-corrected chi connectivity index (χ3v) is 7.22. The van der Waals surface area contributed by atoms with Crippen LogP contribution in [-0.2, 0) is 20.4 Å². The van der Waals surface area contributed by atoms with Crippen LogP contribution >= 0.6 is 11.6 Å². The quantitative estimate of drug-likeness (QED) is 0.477. The molecule has 0 saturated heterocycles. The Morgan fingerprint density at radius 3 is 2.45 bits per heavy atom. The molecule has 2 N–H and O–H groups in total. The van der Waals surface area contributed by atoms with Crippen molar-refractivity contribution in [1.29, 1.82) is 0 Å². The lowest BCUT2D eigenvalue weighted by Gasteiger charge is -2.25. The Morgan fingerprint density at radius 1 is 1.12 bits per heavy atom. The number of anilines is 1. The average molecular weight is 487 g/mol. The topological polar surface area (TPSA) is 114 Å². The standard InChI is InChI=1S/C23H23ClN4O4S/c1-16-25-22(27-32-16)23(14-4-5-15-23)26-21(29)13-10-17-8-11-18(12-9-17)33(30,31)28-20-7-3-2-6-19(20)24/h2-3,6-13,28H,4-5,14-15H2,1H3,(H,26,29). The fraction of sp³-hybridized carbons (Fsp3) is 0.261. The molecule has 1 aromatic heterocycles. The van der Waals surface area contributed by atoms with Gasteiger partial charge in [0.2, 0.25) is 11.8 Å². The van der Waals surface area contributed by atoms with E-state index in [4.69, 9.17) is 16.1 Å². The van der Waals surface area contributed by atoms with Gasteiger partial charge in [-0.15, -0.1) is 0 Å². The van der Waals surface area contributed by atoms with Gasteiger partial charge < -0.3 is 9.84 Å². The number of carbonyl (C=O) groups excluding carboxylic acids is 1. The van der Waals surface area contributed by atoms with E-state index in [0.717, 1.165) is 25.7 Å². The number of benzene rings is 2. The van der Waals surface area contributed by atoms with Crippen LogP contribution in [0.5, 0.6) is 0 Å². The van der Waals surface area contributed by atoms with Gasteiger partial charge in [-0.25, -0.2) is 8.42 Å². The van der Waals surface area contributed by atoms with Gasteiger partial charge in [-0.1, -0.05) is 53.9 Å². The molecular formula is C23H23ClN4O4S. The maximum absolute atomic E-state index is 12.6. The highest BCUT2D eigenvalue weighted by Gasteiger charge is 2.40. The maximum Gasteiger partial charge on any atom is 0.261 e. The lowest BCUT2D eigenvalue weighted by atomic mass is 9.96. The molecule has 1 heterocycles. The van der Waals surface area contributed by atoms with Crippen LogP contribution in [0, 0.1) is 6.92 Å². The number of hydrogen-bond donors (Lipinski definition) is 2. The van der Waals surface area contributed by atoms with Gasteiger partial charge in [0.15, 0.2) is 5.82 Å². The Labute approximate surface area is 197 Å². The van der Waals surface area contributed by atoms with Gasteiger partial charge in [0.1, 0.15) is 5.54 Å². The first-order valence-electron chi connectivity index (χ1n) is 10.5. The molecule has 0 bridgehead atoms. The van der Waals surface area contributed by atoms with E-state index in [9.17, 15) is 13.2 Å². The van der Waals surface area contributed by atoms with Crippen molar-refractivity contribution in [2.24, 2.45) is 0 Å². The molecule has 3 aromatic rings. The molecule has 1 saturated carbocycles. The van der Waals surface area contributed by atoms with E-state index in [2.05, 4.69) is 20.2 Å². The number of amides is 1. The lowest BCUT2D eigenvalue weighted by Crippen LogP contribution is -2.44. The highest BCUT2D eigenvalue weighted by molar-refractivity contribution is 7.92. The number of aromatic nitrogens is 2. The molecule has 0 atom stereocenters. The van der Waals surface area contributed by atoms with Gasteiger partial charge >= 0.3 is 0 Å². The largest absolute Gasteiger partial charge is 0.340 e. The minimum atomic E-state index is -3.80. The normalized spacial score (nSPS) is 15.6. The Bertz CT molecular complexity index is 1280. The number of halogens is 1. The Morgan fingerprint density at radius 2 is 1.82 bits per heavy atom. The van der Waals surface area contributed by atoms with Crippen LogP contribution in [0.2, 0.25) is 5.02 Å². The number of sulfonamides is 1. The predicted molar refractivity (Wildman–Crippen MR) is 125 cm³/mol. The fourth-order valence-corrected chi connectivity index (χ4v) is 5.15. The van der Waals surface area contributed by atoms with Crippen LogP contribution in [0.4, 0.5) is 5.69 Å². The second kappa shape index (κ2) is 9.36. The predicted octanol–water partition coefficient (Wildman–Crippen LogP) is 4.43. The summed E-state index contributed by atoms with van der Waals surface area (Å²) in [7, 11) is -3.80. The SMILES string of the molecule is Cc1nc(C2(NC(=O)C=Cc3ccc(S(=O)(=O)Nc4ccccc4Cl)cc3)CCCC2)no1. The molecule has 0 aliphatic heterocycles. The molecule has 33 heavy (non-hydrogen) atoms. The smallest absolute Gasteiger partial charge is 0.261 e. The van der Waals surface area contributed by atoms with E-state index in [-0.39, 0.29) is 10.8 Å². The van der Waals surface area contributed by atoms with Crippen molar-refractivity contribution in [3.8, 4) is 0 Å². The summed E-state index contributed by atoms with van der Waals surface area (Å²) in [6.45, 7) is 1.72. The van der Waals surface area contributed by atoms with Crippen LogP contribution in [0.25, 0.3) is 6.08 Å². The van der Waals surface area contributed by atoms with E-state index in [1.54, 1.807) is 49.4 Å². The van der Waals surface area contributed by atoms with E-state index in [0.29, 0.717) is 28.0 Å². The number of para-hydroxylation sites is 1. The first kappa shape index (κ1) is 23.0. The van der Waals surface area contributed by atoms with Gasteiger partial charge in [-0.2, -0.15) is 4.98 Å². The van der Waals surface area contributed by atoms with Crippen LogP contribution in [0.15, 0.2) is 64.0 Å². The van der Waals surface area contributed by atoms with Gasteiger partial charge in [-0.3, -0.25) is 9.52 Å². The summed E-state index contributed by atoms with van der Waals surface area (Å²) in [4.78, 5) is 17.0. The summed E-state index contributed by atoms with van der Waals surface area (Å²) in [5, 5.41) is 7.35. The number of aryl methyl sites for hydroxylation is 1. The fourth-order valence-electron chi connectivity index (χ4n) is 3.83. The van der Waals surface area contributed by atoms with Crippen molar-refractivity contribution in [1.82, 2.24) is 15.5 Å². The molecule has 1 fully saturated rings. The molecule has 0 spiro atoms. The van der Waals surface area contributed by atoms with Crippen LogP contribution in [0.3, 0.4) is 0 Å². The van der Waals surface area contributed by atoms with Crippen molar-refractivity contribution in [3.63, 3.8) is 0 Å². The molecule has 1 amide bonds. The van der Waals surface area contributed by atoms with Crippen molar-refractivity contribution < 1.29 is 17.7 Å². The van der Waals surface area contributed by atoms with Crippen molar-refractivity contribution >= 4 is 39.3 Å². The molecule has 10 heteroatoms. The van der Waals surface area contributed by atoms with Crippen LogP contribution in [-0.4, -0.2) is 24.5 Å². The molecule has 0 radical (unpaired) electrons. The molecule has 172 valence electrons. The zero-order chi connectivity index (χ0) is 23.5. The van der Waals surface area contributed by atoms with Gasteiger partial charge in [0, 0.05) is 13.0 Å². The third kappa shape index (κ3) is 5.26. The Balaban J connectivity index is 1.43. The first-order chi connectivity index (χ1) is 15.8. The molecule has 1 aliphatic rings. The Kier molecular flexibility index (Phi) is 6.53. The van der Waals surface area contributed by atoms with Crippen LogP contribution in [0.1, 0.15) is 43.0 Å². The summed E-state index contributed by atoms with van der Waals surface area (Å²) in [5.41, 5.74) is 0.358. The molecule has 8 nitrogen and oxygen atoms in total. The van der Waals surface area contributed by atoms with Gasteiger partial charge in [0.25, 0.3) is 10.0 Å². The zero-order valence-electron chi connectivity index (χ0n) is 17.9. The third-order valence-electron chi connectivity index (χ3n) is 5.51. The zero-order valence-corrected chi connectivity index (χ0v) is 19.5. The minimum absolute atomic E-state index is 0.0846. The van der Waals surface area contributed by atoms with Gasteiger partial charge in [-0.05, 0) is 48.7 Å². The highest BCUT2D eigenvalue weighted by atomic mass is 35.5. The molecule has 4 rings (SSSR count). The number of nitrogens with zero attached hydrogens (tertiary/aromatic N) is 2. The van der Waals surface area contributed by atoms with Crippen molar-refractivity contribution in [2.45, 2.75) is 43.0 Å². The number of rotatable bonds is 7.